The molecule has 9 nitrogen and oxygen atoms in total. The highest BCUT2D eigenvalue weighted by atomic mass is 16.7. The van der Waals surface area contributed by atoms with E-state index in [1.165, 1.54) is 21.1 Å². The minimum atomic E-state index is -0.527. The minimum absolute atomic E-state index is 0.0140. The second-order valence-corrected chi connectivity index (χ2v) is 6.68. The van der Waals surface area contributed by atoms with Crippen molar-refractivity contribution >= 4 is 11.7 Å². The average molecular weight is 446 g/mol. The van der Waals surface area contributed by atoms with Crippen molar-refractivity contribution in [3.8, 4) is 23.0 Å². The van der Waals surface area contributed by atoms with Gasteiger partial charge in [0, 0.05) is 46.5 Å². The number of esters is 1. The van der Waals surface area contributed by atoms with Gasteiger partial charge in [0.25, 0.3) is 0 Å². The molecule has 0 aromatic heterocycles. The van der Waals surface area contributed by atoms with E-state index in [1.54, 1.807) is 37.5 Å². The molecule has 1 aliphatic rings. The van der Waals surface area contributed by atoms with Crippen LogP contribution in [-0.4, -0.2) is 47.7 Å². The summed E-state index contributed by atoms with van der Waals surface area (Å²) in [5.41, 5.74) is 1.31. The van der Waals surface area contributed by atoms with E-state index in [0.717, 1.165) is 5.56 Å². The van der Waals surface area contributed by atoms with Crippen LogP contribution in [0.15, 0.2) is 42.5 Å². The molecule has 1 atom stereocenters. The number of rotatable bonds is 11. The summed E-state index contributed by atoms with van der Waals surface area (Å²) in [5, 5.41) is 0. The van der Waals surface area contributed by atoms with Crippen LogP contribution < -0.4 is 18.9 Å². The zero-order valence-corrected chi connectivity index (χ0v) is 18.4. The van der Waals surface area contributed by atoms with Crippen LogP contribution in [0.25, 0.3) is 5.76 Å². The third kappa shape index (κ3) is 5.91. The Balaban J connectivity index is 1.99. The van der Waals surface area contributed by atoms with Crippen LogP contribution in [0.3, 0.4) is 0 Å². The molecular weight excluding hydrogens is 420 g/mol. The number of carbonyl (C=O) groups is 1. The van der Waals surface area contributed by atoms with Gasteiger partial charge in [-0.1, -0.05) is 12.1 Å². The van der Waals surface area contributed by atoms with Gasteiger partial charge in [-0.15, -0.1) is 0 Å². The molecule has 2 aromatic rings. The van der Waals surface area contributed by atoms with Gasteiger partial charge >= 0.3 is 5.97 Å². The first-order valence-electron chi connectivity index (χ1n) is 9.76. The number of carbonyl (C=O) groups excluding carboxylic acids is 1. The summed E-state index contributed by atoms with van der Waals surface area (Å²) in [5.74, 6) is 1.76. The molecule has 9 heteroatoms. The first-order valence-corrected chi connectivity index (χ1v) is 9.76. The molecule has 32 heavy (non-hydrogen) atoms. The largest absolute Gasteiger partial charge is 0.480 e. The molecule has 0 spiro atoms. The Kier molecular flexibility index (Phi) is 8.32. The van der Waals surface area contributed by atoms with Crippen molar-refractivity contribution in [3.63, 3.8) is 0 Å². The summed E-state index contributed by atoms with van der Waals surface area (Å²) >= 11 is 0. The van der Waals surface area contributed by atoms with Crippen LogP contribution in [0, 0.1) is 0 Å². The van der Waals surface area contributed by atoms with Crippen molar-refractivity contribution in [2.75, 3.05) is 41.7 Å². The molecule has 0 saturated heterocycles. The maximum atomic E-state index is 11.8. The van der Waals surface area contributed by atoms with E-state index in [4.69, 9.17) is 37.9 Å². The van der Waals surface area contributed by atoms with Crippen LogP contribution in [0.5, 0.6) is 23.0 Å². The zero-order chi connectivity index (χ0) is 22.9. The summed E-state index contributed by atoms with van der Waals surface area (Å²) < 4.78 is 43.3. The van der Waals surface area contributed by atoms with E-state index >= 15 is 0 Å². The fourth-order valence-electron chi connectivity index (χ4n) is 3.02. The molecule has 0 saturated carbocycles. The van der Waals surface area contributed by atoms with Crippen LogP contribution in [-0.2, 0) is 23.7 Å². The molecular formula is C23H26O9. The quantitative estimate of drug-likeness (QED) is 0.379. The Bertz CT molecular complexity index is 937. The highest BCUT2D eigenvalue weighted by molar-refractivity contribution is 5.82. The van der Waals surface area contributed by atoms with Crippen molar-refractivity contribution in [2.24, 2.45) is 0 Å². The summed E-state index contributed by atoms with van der Waals surface area (Å²) in [6, 6.07) is 10.7. The second kappa shape index (κ2) is 11.4. The Labute approximate surface area is 186 Å². The molecule has 1 aliphatic heterocycles. The Morgan fingerprint density at radius 3 is 2.12 bits per heavy atom. The number of hydrogen-bond donors (Lipinski definition) is 0. The highest BCUT2D eigenvalue weighted by Gasteiger charge is 2.29. The van der Waals surface area contributed by atoms with Crippen LogP contribution in [0.1, 0.15) is 24.2 Å². The average Bonchev–Trinajstić information content (AvgIpc) is 2.79. The van der Waals surface area contributed by atoms with Gasteiger partial charge in [0.2, 0.25) is 0 Å². The normalized spacial score (nSPS) is 14.6. The number of fused-ring (bicyclic) bond motifs is 1. The molecule has 0 fully saturated rings. The fraction of sp³-hybridized carbons (Fsp3) is 0.348. The lowest BCUT2D eigenvalue weighted by molar-refractivity contribution is -0.134. The molecule has 3 rings (SSSR count). The smallest absolute Gasteiger partial charge is 0.308 e. The second-order valence-electron chi connectivity index (χ2n) is 6.68. The maximum absolute atomic E-state index is 11.8. The van der Waals surface area contributed by atoms with Gasteiger partial charge in [-0.25, -0.2) is 0 Å². The Morgan fingerprint density at radius 2 is 1.50 bits per heavy atom. The topological polar surface area (TPSA) is 90.9 Å². The standard InChI is InChI=1S/C23H26O9/c1-15(24)31-22-11-19(16-5-7-17(8-6-16)28-12-25-2)32-21-10-18(29-13-26-3)9-20(23(21)22)30-14-27-4/h5-11,19H,12-14H2,1-4H3. The molecule has 0 amide bonds. The summed E-state index contributed by atoms with van der Waals surface area (Å²) in [4.78, 5) is 11.8. The number of methoxy groups -OCH3 is 3. The fourth-order valence-corrected chi connectivity index (χ4v) is 3.02. The van der Waals surface area contributed by atoms with E-state index in [-0.39, 0.29) is 20.4 Å². The maximum Gasteiger partial charge on any atom is 0.308 e. The third-order valence-corrected chi connectivity index (χ3v) is 4.32. The van der Waals surface area contributed by atoms with Gasteiger partial charge in [0.05, 0.1) is 0 Å². The molecule has 0 bridgehead atoms. The van der Waals surface area contributed by atoms with Gasteiger partial charge < -0.3 is 37.9 Å². The zero-order valence-electron chi connectivity index (χ0n) is 18.4. The summed E-state index contributed by atoms with van der Waals surface area (Å²) in [6.45, 7) is 1.51. The highest BCUT2D eigenvalue weighted by Crippen LogP contribution is 2.45. The van der Waals surface area contributed by atoms with Gasteiger partial charge in [-0.2, -0.15) is 0 Å². The van der Waals surface area contributed by atoms with E-state index in [0.29, 0.717) is 34.3 Å². The predicted molar refractivity (Wildman–Crippen MR) is 114 cm³/mol. The lowest BCUT2D eigenvalue weighted by atomic mass is 10.0. The van der Waals surface area contributed by atoms with E-state index in [1.807, 2.05) is 12.1 Å². The van der Waals surface area contributed by atoms with E-state index in [9.17, 15) is 4.79 Å². The monoisotopic (exact) mass is 446 g/mol. The minimum Gasteiger partial charge on any atom is -0.480 e. The van der Waals surface area contributed by atoms with Crippen LogP contribution >= 0.6 is 0 Å². The summed E-state index contributed by atoms with van der Waals surface area (Å²) in [6.07, 6.45) is 1.19. The van der Waals surface area contributed by atoms with Crippen molar-refractivity contribution in [2.45, 2.75) is 13.0 Å². The molecule has 0 radical (unpaired) electrons. The molecule has 1 unspecified atom stereocenters. The van der Waals surface area contributed by atoms with Crippen LogP contribution in [0.4, 0.5) is 0 Å². The Morgan fingerprint density at radius 1 is 0.875 bits per heavy atom. The number of ether oxygens (including phenoxy) is 8. The number of benzene rings is 2. The van der Waals surface area contributed by atoms with Crippen molar-refractivity contribution in [1.29, 1.82) is 0 Å². The Hall–Kier alpha value is -3.27. The van der Waals surface area contributed by atoms with Gasteiger partial charge in [0.15, 0.2) is 20.4 Å². The molecule has 1 heterocycles. The SMILES string of the molecule is COCOc1ccc(C2C=C(OC(C)=O)c3c(OCOC)cc(OCOC)cc3O2)cc1. The van der Waals surface area contributed by atoms with E-state index in [2.05, 4.69) is 0 Å². The summed E-state index contributed by atoms with van der Waals surface area (Å²) in [7, 11) is 4.58. The number of hydrogen-bond acceptors (Lipinski definition) is 9. The predicted octanol–water partition coefficient (Wildman–Crippen LogP) is 3.67. The molecule has 0 N–H and O–H groups in total. The van der Waals surface area contributed by atoms with Crippen molar-refractivity contribution in [1.82, 2.24) is 0 Å². The van der Waals surface area contributed by atoms with Crippen molar-refractivity contribution in [3.05, 3.63) is 53.6 Å². The lowest BCUT2D eigenvalue weighted by Crippen LogP contribution is -2.16. The van der Waals surface area contributed by atoms with Crippen molar-refractivity contribution < 1.29 is 42.7 Å². The first kappa shape index (κ1) is 23.4. The van der Waals surface area contributed by atoms with Gasteiger partial charge in [-0.3, -0.25) is 4.79 Å². The molecule has 172 valence electrons. The van der Waals surface area contributed by atoms with E-state index < -0.39 is 12.1 Å². The third-order valence-electron chi connectivity index (χ3n) is 4.32. The first-order chi connectivity index (χ1) is 15.5. The van der Waals surface area contributed by atoms with Gasteiger partial charge in [0.1, 0.15) is 40.4 Å². The lowest BCUT2D eigenvalue weighted by Gasteiger charge is -2.27. The van der Waals surface area contributed by atoms with Gasteiger partial charge in [-0.05, 0) is 17.7 Å². The molecule has 0 aliphatic carbocycles. The molecule has 2 aromatic carbocycles. The van der Waals surface area contributed by atoms with Crippen LogP contribution in [0.2, 0.25) is 0 Å².